The predicted octanol–water partition coefficient (Wildman–Crippen LogP) is 3.33. The van der Waals surface area contributed by atoms with Crippen LogP contribution in [0.3, 0.4) is 0 Å². The van der Waals surface area contributed by atoms with Crippen molar-refractivity contribution in [2.24, 2.45) is 5.41 Å². The fourth-order valence-corrected chi connectivity index (χ4v) is 1.83. The van der Waals surface area contributed by atoms with Gasteiger partial charge in [-0.05, 0) is 26.7 Å². The normalized spacial score (nSPS) is 14.6. The lowest BCUT2D eigenvalue weighted by molar-refractivity contribution is -0.169. The second-order valence-corrected chi connectivity index (χ2v) is 4.65. The highest BCUT2D eigenvalue weighted by molar-refractivity contribution is 5.99. The Hall–Kier alpha value is -1.58. The molecule has 0 fully saturated rings. The molecule has 0 aromatic carbocycles. The van der Waals surface area contributed by atoms with Gasteiger partial charge in [0.15, 0.2) is 5.41 Å². The van der Waals surface area contributed by atoms with Crippen molar-refractivity contribution in [1.29, 1.82) is 0 Å². The van der Waals surface area contributed by atoms with E-state index in [2.05, 4.69) is 6.58 Å². The van der Waals surface area contributed by atoms with Crippen LogP contribution in [0.2, 0.25) is 0 Å². The van der Waals surface area contributed by atoms with E-state index in [9.17, 15) is 14.7 Å². The first kappa shape index (κ1) is 17.4. The van der Waals surface area contributed by atoms with Crippen LogP contribution >= 0.6 is 0 Å². The molecule has 4 heteroatoms. The first-order valence-electron chi connectivity index (χ1n) is 6.57. The summed E-state index contributed by atoms with van der Waals surface area (Å²) in [6, 6.07) is 0. The van der Waals surface area contributed by atoms with Crippen LogP contribution in [0.4, 0.5) is 0 Å². The molecule has 1 atom stereocenters. The smallest absolute Gasteiger partial charge is 0.323 e. The summed E-state index contributed by atoms with van der Waals surface area (Å²) in [6.45, 7) is 9.44. The Labute approximate surface area is 115 Å². The van der Waals surface area contributed by atoms with Gasteiger partial charge in [0.05, 0.1) is 6.61 Å². The molecule has 0 saturated heterocycles. The summed E-state index contributed by atoms with van der Waals surface area (Å²) in [4.78, 5) is 23.5. The third-order valence-electron chi connectivity index (χ3n) is 3.19. The Morgan fingerprint density at radius 1 is 1.42 bits per heavy atom. The fourth-order valence-electron chi connectivity index (χ4n) is 1.83. The lowest BCUT2D eigenvalue weighted by Gasteiger charge is -2.25. The highest BCUT2D eigenvalue weighted by Gasteiger charge is 2.45. The molecular weight excluding hydrogens is 244 g/mol. The summed E-state index contributed by atoms with van der Waals surface area (Å²) in [5.74, 6) is -1.80. The number of hydrogen-bond acceptors (Lipinski definition) is 3. The van der Waals surface area contributed by atoms with E-state index in [1.807, 2.05) is 26.8 Å². The van der Waals surface area contributed by atoms with Crippen molar-refractivity contribution >= 4 is 11.9 Å². The number of aliphatic carboxylic acids is 1. The number of carboxylic acid groups (broad SMARTS) is 1. The van der Waals surface area contributed by atoms with Crippen LogP contribution in [0.5, 0.6) is 0 Å². The molecule has 0 aromatic heterocycles. The van der Waals surface area contributed by atoms with Crippen LogP contribution in [0.25, 0.3) is 0 Å². The van der Waals surface area contributed by atoms with Gasteiger partial charge in [-0.15, -0.1) is 6.58 Å². The second-order valence-electron chi connectivity index (χ2n) is 4.65. The molecule has 0 bridgehead atoms. The standard InChI is InChI=1S/C15H24O4/c1-5-9-15(10-6-2,13(16)17)14(18)19-11-8-12(4)7-3/h5,7H,1,6,8-11H2,2-4H3,(H,16,17). The molecule has 19 heavy (non-hydrogen) atoms. The van der Waals surface area contributed by atoms with Crippen molar-refractivity contribution in [2.75, 3.05) is 6.61 Å². The molecule has 0 aliphatic carbocycles. The summed E-state index contributed by atoms with van der Waals surface area (Å²) in [5.41, 5.74) is -0.381. The number of carbonyl (C=O) groups is 2. The molecule has 0 spiro atoms. The maximum atomic E-state index is 12.1. The SMILES string of the molecule is C=CCC(CCC)(C(=O)O)C(=O)OCCC(C)=CC. The van der Waals surface area contributed by atoms with E-state index in [-0.39, 0.29) is 19.4 Å². The quantitative estimate of drug-likeness (QED) is 0.396. The zero-order valence-corrected chi connectivity index (χ0v) is 12.1. The van der Waals surface area contributed by atoms with Crippen LogP contribution in [0, 0.1) is 5.41 Å². The highest BCUT2D eigenvalue weighted by atomic mass is 16.5. The lowest BCUT2D eigenvalue weighted by Crippen LogP contribution is -2.40. The molecule has 1 unspecified atom stereocenters. The lowest BCUT2D eigenvalue weighted by atomic mass is 9.80. The van der Waals surface area contributed by atoms with E-state index in [0.717, 1.165) is 5.57 Å². The number of carboxylic acids is 1. The summed E-state index contributed by atoms with van der Waals surface area (Å²) < 4.78 is 5.14. The fraction of sp³-hybridized carbons (Fsp3) is 0.600. The van der Waals surface area contributed by atoms with Crippen LogP contribution in [0.15, 0.2) is 24.3 Å². The van der Waals surface area contributed by atoms with Crippen molar-refractivity contribution in [1.82, 2.24) is 0 Å². The van der Waals surface area contributed by atoms with E-state index in [1.165, 1.54) is 6.08 Å². The molecule has 0 radical (unpaired) electrons. The monoisotopic (exact) mass is 268 g/mol. The average Bonchev–Trinajstić information content (AvgIpc) is 2.37. The van der Waals surface area contributed by atoms with E-state index >= 15 is 0 Å². The minimum Gasteiger partial charge on any atom is -0.480 e. The molecule has 4 nitrogen and oxygen atoms in total. The highest BCUT2D eigenvalue weighted by Crippen LogP contribution is 2.31. The van der Waals surface area contributed by atoms with Crippen molar-refractivity contribution < 1.29 is 19.4 Å². The van der Waals surface area contributed by atoms with Crippen LogP contribution < -0.4 is 0 Å². The molecule has 108 valence electrons. The summed E-state index contributed by atoms with van der Waals surface area (Å²) in [6.07, 6.45) is 4.98. The Morgan fingerprint density at radius 3 is 2.47 bits per heavy atom. The van der Waals surface area contributed by atoms with Crippen molar-refractivity contribution in [3.8, 4) is 0 Å². The van der Waals surface area contributed by atoms with Crippen LogP contribution in [0.1, 0.15) is 46.5 Å². The third kappa shape index (κ3) is 4.89. The number of hydrogen-bond donors (Lipinski definition) is 1. The van der Waals surface area contributed by atoms with Gasteiger partial charge >= 0.3 is 11.9 Å². The van der Waals surface area contributed by atoms with Gasteiger partial charge in [0, 0.05) is 6.42 Å². The maximum Gasteiger partial charge on any atom is 0.323 e. The van der Waals surface area contributed by atoms with Crippen LogP contribution in [-0.4, -0.2) is 23.7 Å². The first-order valence-corrected chi connectivity index (χ1v) is 6.57. The topological polar surface area (TPSA) is 63.6 Å². The van der Waals surface area contributed by atoms with Crippen molar-refractivity contribution in [3.63, 3.8) is 0 Å². The van der Waals surface area contributed by atoms with Gasteiger partial charge in [-0.1, -0.05) is 31.1 Å². The van der Waals surface area contributed by atoms with E-state index in [0.29, 0.717) is 12.8 Å². The van der Waals surface area contributed by atoms with Gasteiger partial charge in [0.2, 0.25) is 0 Å². The van der Waals surface area contributed by atoms with Gasteiger partial charge in [-0.3, -0.25) is 9.59 Å². The maximum absolute atomic E-state index is 12.1. The predicted molar refractivity (Wildman–Crippen MR) is 74.8 cm³/mol. The van der Waals surface area contributed by atoms with E-state index in [1.54, 1.807) is 0 Å². The molecule has 0 aliphatic heterocycles. The van der Waals surface area contributed by atoms with Crippen molar-refractivity contribution in [2.45, 2.75) is 46.5 Å². The Morgan fingerprint density at radius 2 is 2.05 bits per heavy atom. The van der Waals surface area contributed by atoms with E-state index in [4.69, 9.17) is 4.74 Å². The Bertz CT molecular complexity index is 357. The van der Waals surface area contributed by atoms with Gasteiger partial charge < -0.3 is 9.84 Å². The number of esters is 1. The number of ether oxygens (including phenoxy) is 1. The Balaban J connectivity index is 4.80. The molecule has 0 saturated carbocycles. The number of allylic oxidation sites excluding steroid dienone is 2. The summed E-state index contributed by atoms with van der Waals surface area (Å²) >= 11 is 0. The molecule has 0 aliphatic rings. The summed E-state index contributed by atoms with van der Waals surface area (Å²) in [5, 5.41) is 9.35. The average molecular weight is 268 g/mol. The van der Waals surface area contributed by atoms with E-state index < -0.39 is 17.4 Å². The molecule has 0 heterocycles. The zero-order valence-electron chi connectivity index (χ0n) is 12.1. The molecule has 0 rings (SSSR count). The number of rotatable bonds is 9. The number of carbonyl (C=O) groups excluding carboxylic acids is 1. The molecule has 1 N–H and O–H groups in total. The molecule has 0 aromatic rings. The Kier molecular flexibility index (Phi) is 7.80. The first-order chi connectivity index (χ1) is 8.94. The van der Waals surface area contributed by atoms with Gasteiger partial charge in [-0.25, -0.2) is 0 Å². The van der Waals surface area contributed by atoms with Crippen LogP contribution in [-0.2, 0) is 14.3 Å². The van der Waals surface area contributed by atoms with Crippen molar-refractivity contribution in [3.05, 3.63) is 24.3 Å². The summed E-state index contributed by atoms with van der Waals surface area (Å²) in [7, 11) is 0. The van der Waals surface area contributed by atoms with Gasteiger partial charge in [0.25, 0.3) is 0 Å². The largest absolute Gasteiger partial charge is 0.480 e. The van der Waals surface area contributed by atoms with Gasteiger partial charge in [-0.2, -0.15) is 0 Å². The molecular formula is C15H24O4. The minimum atomic E-state index is -1.49. The molecule has 0 amide bonds. The van der Waals surface area contributed by atoms with Gasteiger partial charge in [0.1, 0.15) is 0 Å². The minimum absolute atomic E-state index is 0.0948. The second kappa shape index (κ2) is 8.51. The third-order valence-corrected chi connectivity index (χ3v) is 3.19. The zero-order chi connectivity index (χ0) is 14.9.